The summed E-state index contributed by atoms with van der Waals surface area (Å²) in [6.45, 7) is 2.19. The van der Waals surface area contributed by atoms with Gasteiger partial charge in [-0.3, -0.25) is 4.79 Å². The largest absolute Gasteiger partial charge is 0.299 e. The van der Waals surface area contributed by atoms with E-state index in [1.807, 2.05) is 11.4 Å². The van der Waals surface area contributed by atoms with Crippen molar-refractivity contribution in [3.63, 3.8) is 0 Å². The Morgan fingerprint density at radius 1 is 1.36 bits per heavy atom. The molecule has 0 fully saturated rings. The van der Waals surface area contributed by atoms with E-state index in [1.54, 1.807) is 11.3 Å². The normalized spacial score (nSPS) is 10.4. The van der Waals surface area contributed by atoms with Crippen LogP contribution in [0.15, 0.2) is 16.8 Å². The molecule has 14 heavy (non-hydrogen) atoms. The fraction of sp³-hybridized carbons (Fsp3) is 0.583. The van der Waals surface area contributed by atoms with E-state index in [0.29, 0.717) is 12.2 Å². The van der Waals surface area contributed by atoms with Crippen LogP contribution in [0, 0.1) is 0 Å². The molecule has 0 atom stereocenters. The highest BCUT2D eigenvalue weighted by Gasteiger charge is 2.03. The maximum atomic E-state index is 11.5. The number of unbranched alkanes of at least 4 members (excludes halogenated alkanes) is 3. The van der Waals surface area contributed by atoms with Crippen LogP contribution in [-0.2, 0) is 11.2 Å². The summed E-state index contributed by atoms with van der Waals surface area (Å²) < 4.78 is 0. The van der Waals surface area contributed by atoms with Gasteiger partial charge in [-0.2, -0.15) is 11.3 Å². The number of hydrogen-bond acceptors (Lipinski definition) is 2. The molecule has 2 heteroatoms. The van der Waals surface area contributed by atoms with E-state index in [0.717, 1.165) is 12.8 Å². The molecule has 1 nitrogen and oxygen atoms in total. The Hall–Kier alpha value is -0.630. The molecule has 0 saturated carbocycles. The summed E-state index contributed by atoms with van der Waals surface area (Å²) in [6.07, 6.45) is 6.15. The van der Waals surface area contributed by atoms with Crippen molar-refractivity contribution < 1.29 is 4.79 Å². The van der Waals surface area contributed by atoms with Gasteiger partial charge in [0.25, 0.3) is 0 Å². The molecular formula is C12H18OS. The van der Waals surface area contributed by atoms with E-state index in [9.17, 15) is 4.79 Å². The molecule has 0 N–H and O–H groups in total. The summed E-state index contributed by atoms with van der Waals surface area (Å²) in [4.78, 5) is 11.5. The molecule has 0 amide bonds. The zero-order valence-corrected chi connectivity index (χ0v) is 9.61. The van der Waals surface area contributed by atoms with Crippen LogP contribution in [0.2, 0.25) is 0 Å². The van der Waals surface area contributed by atoms with Crippen molar-refractivity contribution in [2.24, 2.45) is 0 Å². The van der Waals surface area contributed by atoms with Gasteiger partial charge in [0.2, 0.25) is 0 Å². The van der Waals surface area contributed by atoms with E-state index in [-0.39, 0.29) is 0 Å². The minimum absolute atomic E-state index is 0.388. The summed E-state index contributed by atoms with van der Waals surface area (Å²) >= 11 is 1.66. The zero-order chi connectivity index (χ0) is 10.2. The van der Waals surface area contributed by atoms with Crippen LogP contribution >= 0.6 is 11.3 Å². The Morgan fingerprint density at radius 3 is 2.86 bits per heavy atom. The van der Waals surface area contributed by atoms with Crippen LogP contribution in [0.25, 0.3) is 0 Å². The molecule has 0 aromatic carbocycles. The van der Waals surface area contributed by atoms with Crippen molar-refractivity contribution in [1.82, 2.24) is 0 Å². The highest BCUT2D eigenvalue weighted by molar-refractivity contribution is 7.07. The van der Waals surface area contributed by atoms with E-state index < -0.39 is 0 Å². The molecule has 1 aromatic heterocycles. The predicted octanol–water partition coefficient (Wildman–Crippen LogP) is 3.83. The number of ketones is 1. The molecule has 0 bridgehead atoms. The quantitative estimate of drug-likeness (QED) is 0.625. The first-order valence-electron chi connectivity index (χ1n) is 5.35. The second-order valence-electron chi connectivity index (χ2n) is 3.66. The monoisotopic (exact) mass is 210 g/mol. The fourth-order valence-electron chi connectivity index (χ4n) is 1.46. The first-order chi connectivity index (χ1) is 6.83. The minimum atomic E-state index is 0.388. The van der Waals surface area contributed by atoms with Gasteiger partial charge in [0.15, 0.2) is 0 Å². The number of thiophene rings is 1. The maximum Gasteiger partial charge on any atom is 0.137 e. The topological polar surface area (TPSA) is 17.1 Å². The molecular weight excluding hydrogens is 192 g/mol. The first kappa shape index (κ1) is 11.4. The van der Waals surface area contributed by atoms with Crippen LogP contribution in [-0.4, -0.2) is 5.78 Å². The lowest BCUT2D eigenvalue weighted by molar-refractivity contribution is -0.118. The molecule has 78 valence electrons. The number of rotatable bonds is 7. The number of hydrogen-bond donors (Lipinski definition) is 0. The van der Waals surface area contributed by atoms with Gasteiger partial charge >= 0.3 is 0 Å². The smallest absolute Gasteiger partial charge is 0.137 e. The van der Waals surface area contributed by atoms with Crippen LogP contribution in [0.5, 0.6) is 0 Å². The second-order valence-corrected chi connectivity index (χ2v) is 4.44. The maximum absolute atomic E-state index is 11.5. The molecule has 1 aromatic rings. The molecule has 0 aliphatic rings. The van der Waals surface area contributed by atoms with Crippen LogP contribution in [0.4, 0.5) is 0 Å². The van der Waals surface area contributed by atoms with Gasteiger partial charge in [-0.25, -0.2) is 0 Å². The van der Waals surface area contributed by atoms with Gasteiger partial charge in [-0.05, 0) is 28.8 Å². The minimum Gasteiger partial charge on any atom is -0.299 e. The van der Waals surface area contributed by atoms with Crippen molar-refractivity contribution in [2.45, 2.75) is 45.4 Å². The Balaban J connectivity index is 2.11. The summed E-state index contributed by atoms with van der Waals surface area (Å²) in [6, 6.07) is 2.04. The standard InChI is InChI=1S/C12H18OS/c1-2-3-4-5-6-12(13)9-11-7-8-14-10-11/h7-8,10H,2-6,9H2,1H3. The van der Waals surface area contributed by atoms with Gasteiger partial charge in [0.1, 0.15) is 5.78 Å². The van der Waals surface area contributed by atoms with Crippen molar-refractivity contribution in [3.8, 4) is 0 Å². The average Bonchev–Trinajstić information content (AvgIpc) is 2.65. The molecule has 0 radical (unpaired) electrons. The summed E-state index contributed by atoms with van der Waals surface area (Å²) in [5, 5.41) is 4.09. The van der Waals surface area contributed by atoms with E-state index in [1.165, 1.54) is 24.8 Å². The van der Waals surface area contributed by atoms with Gasteiger partial charge in [-0.15, -0.1) is 0 Å². The molecule has 0 unspecified atom stereocenters. The molecule has 0 aliphatic heterocycles. The molecule has 0 aliphatic carbocycles. The summed E-state index contributed by atoms with van der Waals surface area (Å²) in [5.74, 6) is 0.388. The van der Waals surface area contributed by atoms with Gasteiger partial charge < -0.3 is 0 Å². The average molecular weight is 210 g/mol. The zero-order valence-electron chi connectivity index (χ0n) is 8.79. The molecule has 1 heterocycles. The highest BCUT2D eigenvalue weighted by Crippen LogP contribution is 2.10. The Bertz CT molecular complexity index is 251. The van der Waals surface area contributed by atoms with Crippen molar-refractivity contribution in [1.29, 1.82) is 0 Å². The van der Waals surface area contributed by atoms with E-state index in [2.05, 4.69) is 12.3 Å². The SMILES string of the molecule is CCCCCCC(=O)Cc1ccsc1. The summed E-state index contributed by atoms with van der Waals surface area (Å²) in [5.41, 5.74) is 1.18. The Morgan fingerprint density at radius 2 is 2.21 bits per heavy atom. The second kappa shape index (κ2) is 6.77. The third-order valence-corrected chi connectivity index (χ3v) is 3.02. The Kier molecular flexibility index (Phi) is 5.53. The van der Waals surface area contributed by atoms with Crippen molar-refractivity contribution >= 4 is 17.1 Å². The molecule has 1 rings (SSSR count). The van der Waals surface area contributed by atoms with E-state index in [4.69, 9.17) is 0 Å². The third-order valence-electron chi connectivity index (χ3n) is 2.29. The van der Waals surface area contributed by atoms with Crippen LogP contribution in [0.3, 0.4) is 0 Å². The van der Waals surface area contributed by atoms with Gasteiger partial charge in [0, 0.05) is 12.8 Å². The van der Waals surface area contributed by atoms with Gasteiger partial charge in [-0.1, -0.05) is 26.2 Å². The number of carbonyl (C=O) groups excluding carboxylic acids is 1. The highest BCUT2D eigenvalue weighted by atomic mass is 32.1. The third kappa shape index (κ3) is 4.56. The lowest BCUT2D eigenvalue weighted by Gasteiger charge is -1.98. The van der Waals surface area contributed by atoms with Crippen molar-refractivity contribution in [3.05, 3.63) is 22.4 Å². The van der Waals surface area contributed by atoms with Crippen LogP contribution < -0.4 is 0 Å². The molecule has 0 spiro atoms. The van der Waals surface area contributed by atoms with Crippen LogP contribution in [0.1, 0.15) is 44.6 Å². The lowest BCUT2D eigenvalue weighted by atomic mass is 10.1. The predicted molar refractivity (Wildman–Crippen MR) is 61.8 cm³/mol. The van der Waals surface area contributed by atoms with Gasteiger partial charge in [0.05, 0.1) is 0 Å². The first-order valence-corrected chi connectivity index (χ1v) is 6.30. The number of carbonyl (C=O) groups is 1. The van der Waals surface area contributed by atoms with Crippen molar-refractivity contribution in [2.75, 3.05) is 0 Å². The molecule has 0 saturated heterocycles. The van der Waals surface area contributed by atoms with E-state index >= 15 is 0 Å². The number of Topliss-reactive ketones (excluding diaryl/α,β-unsaturated/α-hetero) is 1. The fourth-order valence-corrected chi connectivity index (χ4v) is 2.13. The summed E-state index contributed by atoms with van der Waals surface area (Å²) in [7, 11) is 0. The Labute approximate surface area is 90.2 Å². The lowest BCUT2D eigenvalue weighted by Crippen LogP contribution is -2.01.